The van der Waals surface area contributed by atoms with Crippen molar-refractivity contribution in [1.82, 2.24) is 4.90 Å². The molecule has 0 bridgehead atoms. The summed E-state index contributed by atoms with van der Waals surface area (Å²) < 4.78 is 5.63. The van der Waals surface area contributed by atoms with Crippen molar-refractivity contribution < 1.29 is 4.74 Å². The molecule has 13 heavy (non-hydrogen) atoms. The highest BCUT2D eigenvalue weighted by Gasteiger charge is 2.46. The van der Waals surface area contributed by atoms with E-state index in [1.54, 1.807) is 0 Å². The zero-order valence-corrected chi connectivity index (χ0v) is 8.88. The predicted molar refractivity (Wildman–Crippen MR) is 53.8 cm³/mol. The lowest BCUT2D eigenvalue weighted by Gasteiger charge is -2.31. The van der Waals surface area contributed by atoms with Crippen molar-refractivity contribution in [3.05, 3.63) is 0 Å². The van der Waals surface area contributed by atoms with Crippen LogP contribution in [0.5, 0.6) is 0 Å². The molecular formula is C11H21NO. The van der Waals surface area contributed by atoms with Crippen molar-refractivity contribution >= 4 is 0 Å². The molecular weight excluding hydrogens is 162 g/mol. The van der Waals surface area contributed by atoms with E-state index >= 15 is 0 Å². The van der Waals surface area contributed by atoms with E-state index in [2.05, 4.69) is 18.7 Å². The van der Waals surface area contributed by atoms with Gasteiger partial charge < -0.3 is 4.74 Å². The van der Waals surface area contributed by atoms with Gasteiger partial charge in [-0.05, 0) is 38.6 Å². The highest BCUT2D eigenvalue weighted by Crippen LogP contribution is 2.41. The molecule has 0 aromatic heterocycles. The Morgan fingerprint density at radius 2 is 2.38 bits per heavy atom. The van der Waals surface area contributed by atoms with Crippen molar-refractivity contribution in [3.8, 4) is 0 Å². The quantitative estimate of drug-likeness (QED) is 0.662. The van der Waals surface area contributed by atoms with Crippen molar-refractivity contribution in [2.75, 3.05) is 26.3 Å². The largest absolute Gasteiger partial charge is 0.380 e. The monoisotopic (exact) mass is 183 g/mol. The van der Waals surface area contributed by atoms with Gasteiger partial charge in [0.05, 0.1) is 6.61 Å². The van der Waals surface area contributed by atoms with Crippen LogP contribution in [-0.2, 0) is 4.74 Å². The minimum atomic E-state index is 0.440. The lowest BCUT2D eigenvalue weighted by atomic mass is 9.92. The van der Waals surface area contributed by atoms with E-state index in [0.717, 1.165) is 19.1 Å². The number of hydrogen-bond acceptors (Lipinski definition) is 2. The summed E-state index contributed by atoms with van der Waals surface area (Å²) in [6, 6.07) is 0. The Kier molecular flexibility index (Phi) is 2.61. The molecule has 2 aliphatic rings. The highest BCUT2D eigenvalue weighted by atomic mass is 16.5. The summed E-state index contributed by atoms with van der Waals surface area (Å²) in [5.74, 6) is 0.876. The number of hydrogen-bond donors (Lipinski definition) is 0. The van der Waals surface area contributed by atoms with Gasteiger partial charge in [-0.3, -0.25) is 4.90 Å². The Morgan fingerprint density at radius 1 is 1.54 bits per heavy atom. The molecule has 2 fully saturated rings. The molecule has 0 aromatic carbocycles. The standard InChI is InChI=1S/C11H21NO/c1-3-13-9-11-5-4-6-12(11)8-10(2)7-11/h10H,3-9H2,1-2H3/t10-,11+/m1/s1. The van der Waals surface area contributed by atoms with E-state index in [0.29, 0.717) is 5.54 Å². The zero-order valence-electron chi connectivity index (χ0n) is 8.88. The van der Waals surface area contributed by atoms with Gasteiger partial charge in [-0.2, -0.15) is 0 Å². The van der Waals surface area contributed by atoms with E-state index in [9.17, 15) is 0 Å². The summed E-state index contributed by atoms with van der Waals surface area (Å²) in [7, 11) is 0. The summed E-state index contributed by atoms with van der Waals surface area (Å²) >= 11 is 0. The number of rotatable bonds is 3. The Hall–Kier alpha value is -0.0800. The van der Waals surface area contributed by atoms with Crippen LogP contribution in [0.1, 0.15) is 33.1 Å². The van der Waals surface area contributed by atoms with Crippen LogP contribution in [0.2, 0.25) is 0 Å². The second-order valence-electron chi connectivity index (χ2n) is 4.72. The van der Waals surface area contributed by atoms with E-state index in [1.807, 2.05) is 0 Å². The molecule has 0 unspecified atom stereocenters. The van der Waals surface area contributed by atoms with E-state index in [1.165, 1.54) is 32.4 Å². The molecule has 2 nitrogen and oxygen atoms in total. The van der Waals surface area contributed by atoms with Crippen LogP contribution in [0.25, 0.3) is 0 Å². The summed E-state index contributed by atoms with van der Waals surface area (Å²) in [5, 5.41) is 0. The van der Waals surface area contributed by atoms with Gasteiger partial charge in [0.1, 0.15) is 0 Å². The van der Waals surface area contributed by atoms with Crippen LogP contribution in [0.3, 0.4) is 0 Å². The van der Waals surface area contributed by atoms with Crippen molar-refractivity contribution in [1.29, 1.82) is 0 Å². The van der Waals surface area contributed by atoms with Gasteiger partial charge >= 0.3 is 0 Å². The molecule has 0 aliphatic carbocycles. The minimum absolute atomic E-state index is 0.440. The van der Waals surface area contributed by atoms with Crippen LogP contribution in [-0.4, -0.2) is 36.7 Å². The van der Waals surface area contributed by atoms with E-state index in [-0.39, 0.29) is 0 Å². The molecule has 2 saturated heterocycles. The Morgan fingerprint density at radius 3 is 3.15 bits per heavy atom. The van der Waals surface area contributed by atoms with E-state index < -0.39 is 0 Å². The molecule has 0 saturated carbocycles. The van der Waals surface area contributed by atoms with Crippen LogP contribution >= 0.6 is 0 Å². The first kappa shape index (κ1) is 9.47. The smallest absolute Gasteiger partial charge is 0.0650 e. The van der Waals surface area contributed by atoms with Gasteiger partial charge in [-0.1, -0.05) is 6.92 Å². The first-order valence-electron chi connectivity index (χ1n) is 5.60. The normalized spacial score (nSPS) is 39.7. The zero-order chi connectivity index (χ0) is 9.31. The maximum atomic E-state index is 5.63. The van der Waals surface area contributed by atoms with Crippen LogP contribution in [0.15, 0.2) is 0 Å². The fraction of sp³-hybridized carbons (Fsp3) is 1.00. The summed E-state index contributed by atoms with van der Waals surface area (Å²) in [5.41, 5.74) is 0.440. The Bertz CT molecular complexity index is 183. The first-order chi connectivity index (χ1) is 6.27. The maximum absolute atomic E-state index is 5.63. The summed E-state index contributed by atoms with van der Waals surface area (Å²) in [6.07, 6.45) is 4.09. The fourth-order valence-electron chi connectivity index (χ4n) is 3.11. The molecule has 0 N–H and O–H groups in total. The molecule has 0 spiro atoms. The molecule has 0 aromatic rings. The summed E-state index contributed by atoms with van der Waals surface area (Å²) in [6.45, 7) is 8.89. The van der Waals surface area contributed by atoms with Gasteiger partial charge in [-0.15, -0.1) is 0 Å². The number of fused-ring (bicyclic) bond motifs is 1. The summed E-state index contributed by atoms with van der Waals surface area (Å²) in [4.78, 5) is 2.66. The topological polar surface area (TPSA) is 12.5 Å². The predicted octanol–water partition coefficient (Wildman–Crippen LogP) is 1.90. The average Bonchev–Trinajstić information content (AvgIpc) is 2.57. The first-order valence-corrected chi connectivity index (χ1v) is 5.60. The van der Waals surface area contributed by atoms with Crippen molar-refractivity contribution in [3.63, 3.8) is 0 Å². The van der Waals surface area contributed by atoms with Crippen molar-refractivity contribution in [2.24, 2.45) is 5.92 Å². The minimum Gasteiger partial charge on any atom is -0.380 e. The molecule has 2 heterocycles. The SMILES string of the molecule is CCOC[C@@]12CCCN1C[C@H](C)C2. The van der Waals surface area contributed by atoms with Crippen LogP contribution in [0.4, 0.5) is 0 Å². The molecule has 2 rings (SSSR count). The molecule has 76 valence electrons. The van der Waals surface area contributed by atoms with Gasteiger partial charge in [0, 0.05) is 18.7 Å². The molecule has 2 atom stereocenters. The van der Waals surface area contributed by atoms with E-state index in [4.69, 9.17) is 4.74 Å². The van der Waals surface area contributed by atoms with Crippen LogP contribution in [0, 0.1) is 5.92 Å². The number of nitrogens with zero attached hydrogens (tertiary/aromatic N) is 1. The molecule has 0 amide bonds. The van der Waals surface area contributed by atoms with Gasteiger partial charge in [0.25, 0.3) is 0 Å². The van der Waals surface area contributed by atoms with Crippen LogP contribution < -0.4 is 0 Å². The lowest BCUT2D eigenvalue weighted by molar-refractivity contribution is 0.0415. The molecule has 2 heteroatoms. The average molecular weight is 183 g/mol. The second kappa shape index (κ2) is 3.58. The Labute approximate surface area is 81.3 Å². The third kappa shape index (κ3) is 1.62. The third-order valence-corrected chi connectivity index (χ3v) is 3.58. The highest BCUT2D eigenvalue weighted by molar-refractivity contribution is 5.02. The lowest BCUT2D eigenvalue weighted by Crippen LogP contribution is -2.42. The molecule has 2 aliphatic heterocycles. The molecule has 0 radical (unpaired) electrons. The maximum Gasteiger partial charge on any atom is 0.0650 e. The van der Waals surface area contributed by atoms with Gasteiger partial charge in [0.2, 0.25) is 0 Å². The Balaban J connectivity index is 2.00. The van der Waals surface area contributed by atoms with Crippen molar-refractivity contribution in [2.45, 2.75) is 38.6 Å². The van der Waals surface area contributed by atoms with Gasteiger partial charge in [0.15, 0.2) is 0 Å². The fourth-order valence-corrected chi connectivity index (χ4v) is 3.11. The second-order valence-corrected chi connectivity index (χ2v) is 4.72. The third-order valence-electron chi connectivity index (χ3n) is 3.58. The number of ether oxygens (including phenoxy) is 1. The van der Waals surface area contributed by atoms with Gasteiger partial charge in [-0.25, -0.2) is 0 Å².